The molecule has 0 aliphatic heterocycles. The highest BCUT2D eigenvalue weighted by molar-refractivity contribution is 5.89. The highest BCUT2D eigenvalue weighted by Gasteiger charge is 2.30. The van der Waals surface area contributed by atoms with Crippen molar-refractivity contribution in [2.24, 2.45) is 11.1 Å². The number of rotatable bonds is 5. The first-order valence-corrected chi connectivity index (χ1v) is 6.22. The Balaban J connectivity index is 2.50. The van der Waals surface area contributed by atoms with Crippen molar-refractivity contribution >= 4 is 11.7 Å². The molecule has 5 nitrogen and oxygen atoms in total. The van der Waals surface area contributed by atoms with E-state index in [9.17, 15) is 18.0 Å². The van der Waals surface area contributed by atoms with E-state index in [2.05, 4.69) is 15.4 Å². The second kappa shape index (κ2) is 6.66. The molecule has 21 heavy (non-hydrogen) atoms. The molecule has 0 saturated heterocycles. The predicted molar refractivity (Wildman–Crippen MR) is 73.0 cm³/mol. The molecule has 1 aromatic rings. The zero-order chi connectivity index (χ0) is 16.1. The molecule has 0 bridgehead atoms. The zero-order valence-electron chi connectivity index (χ0n) is 11.8. The molecule has 0 heterocycles. The molecule has 4 N–H and O–H groups in total. The second-order valence-electron chi connectivity index (χ2n) is 5.25. The van der Waals surface area contributed by atoms with Gasteiger partial charge in [-0.1, -0.05) is 13.8 Å². The Morgan fingerprint density at radius 1 is 1.24 bits per heavy atom. The summed E-state index contributed by atoms with van der Waals surface area (Å²) in [5.74, 6) is -0.349. The summed E-state index contributed by atoms with van der Waals surface area (Å²) in [4.78, 5) is 11.6. The Bertz CT molecular complexity index is 473. The third-order valence-corrected chi connectivity index (χ3v) is 2.63. The third-order valence-electron chi connectivity index (χ3n) is 2.63. The molecule has 0 saturated carbocycles. The van der Waals surface area contributed by atoms with E-state index >= 15 is 0 Å². The molecule has 0 aliphatic carbocycles. The summed E-state index contributed by atoms with van der Waals surface area (Å²) >= 11 is 0. The van der Waals surface area contributed by atoms with Gasteiger partial charge in [-0.2, -0.15) is 0 Å². The van der Waals surface area contributed by atoms with Crippen LogP contribution in [-0.4, -0.2) is 25.5 Å². The Labute approximate surface area is 120 Å². The number of carbonyl (C=O) groups is 1. The van der Waals surface area contributed by atoms with Crippen LogP contribution >= 0.6 is 0 Å². The second-order valence-corrected chi connectivity index (χ2v) is 5.25. The van der Waals surface area contributed by atoms with Crippen LogP contribution in [-0.2, 0) is 0 Å². The summed E-state index contributed by atoms with van der Waals surface area (Å²) in [7, 11) is 0. The molecule has 8 heteroatoms. The van der Waals surface area contributed by atoms with E-state index in [0.717, 1.165) is 12.1 Å². The Morgan fingerprint density at radius 3 is 2.29 bits per heavy atom. The van der Waals surface area contributed by atoms with Crippen LogP contribution in [0.5, 0.6) is 5.75 Å². The molecule has 118 valence electrons. The molecule has 0 aliphatic rings. The minimum atomic E-state index is -4.74. The van der Waals surface area contributed by atoms with Gasteiger partial charge in [0.2, 0.25) is 0 Å². The van der Waals surface area contributed by atoms with Crippen molar-refractivity contribution < 1.29 is 22.7 Å². The topological polar surface area (TPSA) is 76.4 Å². The number of amides is 2. The van der Waals surface area contributed by atoms with Crippen molar-refractivity contribution in [1.82, 2.24) is 5.32 Å². The lowest BCUT2D eigenvalue weighted by molar-refractivity contribution is -0.274. The van der Waals surface area contributed by atoms with Gasteiger partial charge >= 0.3 is 12.4 Å². The summed E-state index contributed by atoms with van der Waals surface area (Å²) < 4.78 is 39.7. The summed E-state index contributed by atoms with van der Waals surface area (Å²) in [5.41, 5.74) is 5.65. The largest absolute Gasteiger partial charge is 0.573 e. The molecule has 1 rings (SSSR count). The van der Waals surface area contributed by atoms with Gasteiger partial charge in [0.15, 0.2) is 0 Å². The molecule has 0 unspecified atom stereocenters. The highest BCUT2D eigenvalue weighted by atomic mass is 19.4. The molecule has 2 amide bonds. The van der Waals surface area contributed by atoms with Crippen LogP contribution in [0.2, 0.25) is 0 Å². The number of benzene rings is 1. The van der Waals surface area contributed by atoms with Crippen LogP contribution in [0, 0.1) is 5.41 Å². The minimum Gasteiger partial charge on any atom is -0.406 e. The average molecular weight is 305 g/mol. The monoisotopic (exact) mass is 305 g/mol. The molecule has 1 aromatic carbocycles. The van der Waals surface area contributed by atoms with Crippen molar-refractivity contribution in [3.05, 3.63) is 24.3 Å². The van der Waals surface area contributed by atoms with Crippen molar-refractivity contribution in [3.8, 4) is 5.75 Å². The van der Waals surface area contributed by atoms with Crippen molar-refractivity contribution in [2.75, 3.05) is 18.4 Å². The molecule has 0 radical (unpaired) electrons. The Hall–Kier alpha value is -1.96. The first-order chi connectivity index (χ1) is 9.61. The first kappa shape index (κ1) is 17.1. The number of ether oxygens (including phenoxy) is 1. The van der Waals surface area contributed by atoms with Gasteiger partial charge in [-0.25, -0.2) is 4.79 Å². The SMILES string of the molecule is CC(C)(CN)CNC(=O)Nc1ccc(OC(F)(F)F)cc1. The highest BCUT2D eigenvalue weighted by Crippen LogP contribution is 2.23. The van der Waals surface area contributed by atoms with Crippen LogP contribution in [0.4, 0.5) is 23.7 Å². The zero-order valence-corrected chi connectivity index (χ0v) is 11.8. The maximum atomic E-state index is 12.0. The Morgan fingerprint density at radius 2 is 1.81 bits per heavy atom. The number of nitrogens with two attached hydrogens (primary N) is 1. The van der Waals surface area contributed by atoms with Gasteiger partial charge in [-0.3, -0.25) is 0 Å². The number of hydrogen-bond donors (Lipinski definition) is 3. The maximum absolute atomic E-state index is 12.0. The van der Waals surface area contributed by atoms with Gasteiger partial charge in [0.1, 0.15) is 5.75 Å². The number of carbonyl (C=O) groups excluding carboxylic acids is 1. The first-order valence-electron chi connectivity index (χ1n) is 6.22. The number of urea groups is 1. The summed E-state index contributed by atoms with van der Waals surface area (Å²) in [6.07, 6.45) is -4.74. The van der Waals surface area contributed by atoms with E-state index in [-0.39, 0.29) is 11.2 Å². The van der Waals surface area contributed by atoms with E-state index in [1.807, 2.05) is 13.8 Å². The van der Waals surface area contributed by atoms with Crippen LogP contribution < -0.4 is 21.1 Å². The molecular formula is C13H18F3N3O2. The minimum absolute atomic E-state index is 0.234. The van der Waals surface area contributed by atoms with Crippen LogP contribution in [0.25, 0.3) is 0 Å². The fourth-order valence-electron chi connectivity index (χ4n) is 1.31. The fraction of sp³-hybridized carbons (Fsp3) is 0.462. The fourth-order valence-corrected chi connectivity index (χ4v) is 1.31. The molecule has 0 spiro atoms. The molecule has 0 fully saturated rings. The lowest BCUT2D eigenvalue weighted by Gasteiger charge is -2.22. The van der Waals surface area contributed by atoms with Gasteiger partial charge in [0.25, 0.3) is 0 Å². The number of nitrogens with one attached hydrogen (secondary N) is 2. The van der Waals surface area contributed by atoms with E-state index in [4.69, 9.17) is 5.73 Å². The van der Waals surface area contributed by atoms with E-state index in [1.165, 1.54) is 12.1 Å². The standard InChI is InChI=1S/C13H18F3N3O2/c1-12(2,7-17)8-18-11(20)19-9-3-5-10(6-4-9)21-13(14,15)16/h3-6H,7-8,17H2,1-2H3,(H2,18,19,20). The number of halogens is 3. The molecule has 0 aromatic heterocycles. The van der Waals surface area contributed by atoms with Gasteiger partial charge in [-0.15, -0.1) is 13.2 Å². The lowest BCUT2D eigenvalue weighted by Crippen LogP contribution is -2.40. The normalized spacial score (nSPS) is 11.9. The van der Waals surface area contributed by atoms with Crippen LogP contribution in [0.3, 0.4) is 0 Å². The number of anilines is 1. The predicted octanol–water partition coefficient (Wildman–Crippen LogP) is 2.69. The van der Waals surface area contributed by atoms with Gasteiger partial charge in [0.05, 0.1) is 0 Å². The van der Waals surface area contributed by atoms with Crippen molar-refractivity contribution in [1.29, 1.82) is 0 Å². The Kier molecular flexibility index (Phi) is 5.42. The maximum Gasteiger partial charge on any atom is 0.573 e. The van der Waals surface area contributed by atoms with E-state index in [0.29, 0.717) is 18.8 Å². The van der Waals surface area contributed by atoms with Gasteiger partial charge in [0, 0.05) is 12.2 Å². The third kappa shape index (κ3) is 6.84. The average Bonchev–Trinajstić information content (AvgIpc) is 2.37. The van der Waals surface area contributed by atoms with Gasteiger partial charge in [-0.05, 0) is 36.2 Å². The number of hydrogen-bond acceptors (Lipinski definition) is 3. The van der Waals surface area contributed by atoms with E-state index in [1.54, 1.807) is 0 Å². The van der Waals surface area contributed by atoms with Crippen LogP contribution in [0.1, 0.15) is 13.8 Å². The quantitative estimate of drug-likeness (QED) is 0.783. The van der Waals surface area contributed by atoms with Crippen LogP contribution in [0.15, 0.2) is 24.3 Å². The molecular weight excluding hydrogens is 287 g/mol. The molecule has 0 atom stereocenters. The summed E-state index contributed by atoms with van der Waals surface area (Å²) in [5, 5.41) is 5.13. The van der Waals surface area contributed by atoms with Gasteiger partial charge < -0.3 is 21.1 Å². The van der Waals surface area contributed by atoms with Crippen molar-refractivity contribution in [2.45, 2.75) is 20.2 Å². The number of alkyl halides is 3. The van der Waals surface area contributed by atoms with E-state index < -0.39 is 12.4 Å². The summed E-state index contributed by atoms with van der Waals surface area (Å²) in [6, 6.07) is 4.41. The smallest absolute Gasteiger partial charge is 0.406 e. The van der Waals surface area contributed by atoms with Crippen molar-refractivity contribution in [3.63, 3.8) is 0 Å². The lowest BCUT2D eigenvalue weighted by atomic mass is 9.94. The summed E-state index contributed by atoms with van der Waals surface area (Å²) in [6.45, 7) is 4.59.